The second-order valence-corrected chi connectivity index (χ2v) is 11.4. The van der Waals surface area contributed by atoms with Crippen LogP contribution in [-0.2, 0) is 4.74 Å². The molecule has 3 aromatic carbocycles. The van der Waals surface area contributed by atoms with Gasteiger partial charge in [0, 0.05) is 11.1 Å². The van der Waals surface area contributed by atoms with E-state index in [-0.39, 0.29) is 13.2 Å². The number of nitrogens with one attached hydrogen (secondary N) is 1. The highest BCUT2D eigenvalue weighted by Crippen LogP contribution is 2.46. The highest BCUT2D eigenvalue weighted by Gasteiger charge is 2.27. The Labute approximate surface area is 256 Å². The Kier molecular flexibility index (Phi) is 7.15. The van der Waals surface area contributed by atoms with Gasteiger partial charge in [0.2, 0.25) is 5.88 Å². The van der Waals surface area contributed by atoms with E-state index >= 15 is 0 Å². The molecule has 1 N–H and O–H groups in total. The first-order chi connectivity index (χ1) is 21.4. The molecule has 0 aliphatic carbocycles. The van der Waals surface area contributed by atoms with Crippen molar-refractivity contribution in [2.45, 2.75) is 20.0 Å². The van der Waals surface area contributed by atoms with Crippen molar-refractivity contribution in [2.75, 3.05) is 25.6 Å². The normalized spacial score (nSPS) is 14.0. The number of anilines is 1. The molecule has 44 heavy (non-hydrogen) atoms. The highest BCUT2D eigenvalue weighted by molar-refractivity contribution is 7.22. The third-order valence-electron chi connectivity index (χ3n) is 7.17. The van der Waals surface area contributed by atoms with Crippen LogP contribution in [0.4, 0.5) is 10.5 Å². The molecule has 0 spiro atoms. The van der Waals surface area contributed by atoms with Crippen LogP contribution in [0.25, 0.3) is 43.1 Å². The lowest BCUT2D eigenvalue weighted by molar-refractivity contribution is 0.0383. The average Bonchev–Trinajstić information content (AvgIpc) is 3.50. The Morgan fingerprint density at radius 2 is 1.89 bits per heavy atom. The summed E-state index contributed by atoms with van der Waals surface area (Å²) in [7, 11) is 1.57. The summed E-state index contributed by atoms with van der Waals surface area (Å²) in [6.07, 6.45) is 2.14. The van der Waals surface area contributed by atoms with E-state index < -0.39 is 12.2 Å². The molecule has 1 aliphatic heterocycles. The molecule has 1 amide bonds. The molecule has 6 aromatic rings. The third-order valence-corrected chi connectivity index (χ3v) is 8.26. The zero-order chi connectivity index (χ0) is 30.2. The molecule has 1 aliphatic rings. The van der Waals surface area contributed by atoms with Gasteiger partial charge < -0.3 is 18.9 Å². The van der Waals surface area contributed by atoms with E-state index in [1.165, 1.54) is 11.3 Å². The summed E-state index contributed by atoms with van der Waals surface area (Å²) < 4.78 is 24.0. The lowest BCUT2D eigenvalue weighted by Crippen LogP contribution is -2.35. The molecule has 0 radical (unpaired) electrons. The van der Waals surface area contributed by atoms with Crippen LogP contribution in [0.3, 0.4) is 0 Å². The van der Waals surface area contributed by atoms with E-state index in [1.54, 1.807) is 25.6 Å². The second-order valence-electron chi connectivity index (χ2n) is 10.4. The summed E-state index contributed by atoms with van der Waals surface area (Å²) in [5, 5.41) is 3.52. The molecule has 0 saturated heterocycles. The number of carbonyl (C=O) groups is 1. The maximum atomic E-state index is 12.5. The molecule has 1 unspecified atom stereocenters. The molecule has 220 valence electrons. The zero-order valence-electron chi connectivity index (χ0n) is 24.2. The minimum Gasteiger partial charge on any atom is -0.484 e. The predicted molar refractivity (Wildman–Crippen MR) is 169 cm³/mol. The van der Waals surface area contributed by atoms with Gasteiger partial charge in [0.1, 0.15) is 22.9 Å². The fourth-order valence-corrected chi connectivity index (χ4v) is 6.23. The van der Waals surface area contributed by atoms with Gasteiger partial charge in [-0.3, -0.25) is 10.3 Å². The Balaban J connectivity index is 1.05. The van der Waals surface area contributed by atoms with Crippen LogP contribution in [0.1, 0.15) is 11.1 Å². The van der Waals surface area contributed by atoms with Crippen LogP contribution in [0.5, 0.6) is 17.4 Å². The fraction of sp³-hybridized carbons (Fsp3) is 0.182. The summed E-state index contributed by atoms with van der Waals surface area (Å²) in [5.41, 5.74) is 7.55. The molecular weight excluding hydrogens is 578 g/mol. The first kappa shape index (κ1) is 27.5. The number of aromatic nitrogens is 4. The zero-order valence-corrected chi connectivity index (χ0v) is 25.0. The van der Waals surface area contributed by atoms with Gasteiger partial charge in [0.25, 0.3) is 0 Å². The number of ether oxygens (including phenoxy) is 4. The molecule has 1 atom stereocenters. The number of thiazole rings is 1. The van der Waals surface area contributed by atoms with E-state index in [2.05, 4.69) is 26.3 Å². The number of carbonyl (C=O) groups excluding carboxylic acids is 1. The summed E-state index contributed by atoms with van der Waals surface area (Å²) in [6, 6.07) is 19.4. The summed E-state index contributed by atoms with van der Waals surface area (Å²) in [6.45, 7) is 4.24. The van der Waals surface area contributed by atoms with Gasteiger partial charge in [-0.15, -0.1) is 11.3 Å². The van der Waals surface area contributed by atoms with E-state index in [0.717, 1.165) is 54.2 Å². The third kappa shape index (κ3) is 5.33. The Morgan fingerprint density at radius 3 is 2.68 bits per heavy atom. The molecule has 4 heterocycles. The van der Waals surface area contributed by atoms with Crippen molar-refractivity contribution in [1.82, 2.24) is 19.9 Å². The van der Waals surface area contributed by atoms with Crippen molar-refractivity contribution in [1.29, 1.82) is 0 Å². The number of benzene rings is 3. The number of rotatable bonds is 6. The van der Waals surface area contributed by atoms with Crippen molar-refractivity contribution >= 4 is 44.4 Å². The van der Waals surface area contributed by atoms with E-state index in [0.29, 0.717) is 23.1 Å². The lowest BCUT2D eigenvalue weighted by atomic mass is 10.1. The first-order valence-electron chi connectivity index (χ1n) is 14.0. The van der Waals surface area contributed by atoms with Crippen LogP contribution in [0.15, 0.2) is 73.1 Å². The monoisotopic (exact) mass is 605 g/mol. The number of aryl methyl sites for hydroxylation is 2. The van der Waals surface area contributed by atoms with Gasteiger partial charge in [-0.2, -0.15) is 0 Å². The topological polar surface area (TPSA) is 118 Å². The number of nitrogens with zero attached hydrogens (tertiary/aromatic N) is 4. The molecule has 7 rings (SSSR count). The van der Waals surface area contributed by atoms with Crippen LogP contribution in [0.2, 0.25) is 0 Å². The van der Waals surface area contributed by atoms with E-state index in [9.17, 15) is 4.79 Å². The van der Waals surface area contributed by atoms with Crippen molar-refractivity contribution in [2.24, 2.45) is 0 Å². The van der Waals surface area contributed by atoms with Crippen LogP contribution >= 0.6 is 11.3 Å². The molecule has 11 heteroatoms. The Morgan fingerprint density at radius 1 is 1.02 bits per heavy atom. The quantitative estimate of drug-likeness (QED) is 0.214. The maximum absolute atomic E-state index is 12.5. The van der Waals surface area contributed by atoms with Crippen LogP contribution in [-0.4, -0.2) is 52.5 Å². The highest BCUT2D eigenvalue weighted by atomic mass is 32.1. The van der Waals surface area contributed by atoms with Crippen molar-refractivity contribution in [3.63, 3.8) is 0 Å². The van der Waals surface area contributed by atoms with Gasteiger partial charge in [-0.05, 0) is 55.3 Å². The standard InChI is InChI=1S/C33H27N5O5S/c1-18-11-23(29-25(12-18)37-27(40-3)15-35-29)32-38-28-19(2)13-26-30(31(28)44-32)41-16-22(43-26)17-42-33(39)36-21-9-10-24(34-14-21)20-7-5-4-6-8-20/h4-15,22H,16-17H2,1-3H3,(H,36,39). The smallest absolute Gasteiger partial charge is 0.411 e. The summed E-state index contributed by atoms with van der Waals surface area (Å²) in [4.78, 5) is 31.1. The van der Waals surface area contributed by atoms with Crippen LogP contribution in [0, 0.1) is 13.8 Å². The van der Waals surface area contributed by atoms with Gasteiger partial charge in [-0.1, -0.05) is 30.3 Å². The van der Waals surface area contributed by atoms with Gasteiger partial charge in [-0.25, -0.2) is 19.7 Å². The van der Waals surface area contributed by atoms with Crippen LogP contribution < -0.4 is 19.5 Å². The SMILES string of the molecule is COc1cnc2c(-c3nc4c(C)cc5c(c4s3)OCC(COC(=O)Nc3ccc(-c4ccccc4)nc3)O5)cc(C)cc2n1. The van der Waals surface area contributed by atoms with Gasteiger partial charge in [0.05, 0.1) is 47.4 Å². The number of hydrogen-bond donors (Lipinski definition) is 1. The van der Waals surface area contributed by atoms with Gasteiger partial charge >= 0.3 is 6.09 Å². The molecule has 10 nitrogen and oxygen atoms in total. The first-order valence-corrected chi connectivity index (χ1v) is 14.8. The minimum atomic E-state index is -0.599. The molecule has 3 aromatic heterocycles. The largest absolute Gasteiger partial charge is 0.484 e. The molecule has 0 saturated carbocycles. The van der Waals surface area contributed by atoms with Crippen molar-refractivity contribution < 1.29 is 23.7 Å². The number of pyridine rings is 1. The second kappa shape index (κ2) is 11.4. The Bertz CT molecular complexity index is 2010. The number of methoxy groups -OCH3 is 1. The fourth-order valence-electron chi connectivity index (χ4n) is 5.07. The Hall–Kier alpha value is -5.29. The number of fused-ring (bicyclic) bond motifs is 4. The summed E-state index contributed by atoms with van der Waals surface area (Å²) in [5.74, 6) is 1.67. The average molecular weight is 606 g/mol. The lowest BCUT2D eigenvalue weighted by Gasteiger charge is -2.26. The number of hydrogen-bond acceptors (Lipinski definition) is 10. The molecule has 0 bridgehead atoms. The number of amides is 1. The molecule has 0 fully saturated rings. The minimum absolute atomic E-state index is 0.0171. The van der Waals surface area contributed by atoms with Gasteiger partial charge in [0.15, 0.2) is 17.6 Å². The van der Waals surface area contributed by atoms with Crippen molar-refractivity contribution in [3.05, 3.63) is 84.2 Å². The predicted octanol–water partition coefficient (Wildman–Crippen LogP) is 6.98. The molecular formula is C33H27N5O5S. The van der Waals surface area contributed by atoms with Crippen molar-refractivity contribution in [3.8, 4) is 39.2 Å². The van der Waals surface area contributed by atoms with E-state index in [1.807, 2.05) is 62.4 Å². The summed E-state index contributed by atoms with van der Waals surface area (Å²) >= 11 is 1.52. The maximum Gasteiger partial charge on any atom is 0.411 e. The van der Waals surface area contributed by atoms with E-state index in [4.69, 9.17) is 23.9 Å².